The lowest BCUT2D eigenvalue weighted by atomic mass is 9.83. The second-order valence-corrected chi connectivity index (χ2v) is 8.06. The molecule has 0 radical (unpaired) electrons. The van der Waals surface area contributed by atoms with E-state index in [1.807, 2.05) is 31.2 Å². The summed E-state index contributed by atoms with van der Waals surface area (Å²) in [7, 11) is 0. The fraction of sp³-hybridized carbons (Fsp3) is 0.696. The van der Waals surface area contributed by atoms with E-state index < -0.39 is 0 Å². The molecule has 1 aromatic rings. The lowest BCUT2D eigenvalue weighted by molar-refractivity contribution is 0.0877. The molecule has 1 aliphatic heterocycles. The van der Waals surface area contributed by atoms with Crippen molar-refractivity contribution in [3.05, 3.63) is 29.8 Å². The minimum absolute atomic E-state index is 0.0383. The first-order valence-electron chi connectivity index (χ1n) is 11.1. The van der Waals surface area contributed by atoms with Crippen LogP contribution in [0.15, 0.2) is 24.3 Å². The van der Waals surface area contributed by atoms with Gasteiger partial charge in [0.15, 0.2) is 0 Å². The summed E-state index contributed by atoms with van der Waals surface area (Å²) in [6.45, 7) is 7.36. The lowest BCUT2D eigenvalue weighted by Gasteiger charge is -2.37. The molecule has 5 heteroatoms. The molecule has 156 valence electrons. The SMILES string of the molecule is CCOCCOc1ccc(C(=O)NC2CCCCC2CN2CCCCC2)cc1. The number of carbonyl (C=O) groups is 1. The van der Waals surface area contributed by atoms with E-state index in [2.05, 4.69) is 10.2 Å². The normalized spacial score (nSPS) is 23.3. The predicted molar refractivity (Wildman–Crippen MR) is 112 cm³/mol. The van der Waals surface area contributed by atoms with E-state index in [-0.39, 0.29) is 5.91 Å². The van der Waals surface area contributed by atoms with Crippen LogP contribution >= 0.6 is 0 Å². The molecular formula is C23H36N2O3. The summed E-state index contributed by atoms with van der Waals surface area (Å²) in [6, 6.07) is 7.74. The van der Waals surface area contributed by atoms with Gasteiger partial charge in [0.05, 0.1) is 6.61 Å². The average Bonchev–Trinajstić information content (AvgIpc) is 2.74. The number of nitrogens with one attached hydrogen (secondary N) is 1. The Kier molecular flexibility index (Phi) is 8.62. The number of rotatable bonds is 9. The molecular weight excluding hydrogens is 352 g/mol. The molecule has 3 rings (SSSR count). The summed E-state index contributed by atoms with van der Waals surface area (Å²) in [5.41, 5.74) is 0.708. The van der Waals surface area contributed by atoms with Crippen molar-refractivity contribution in [1.82, 2.24) is 10.2 Å². The highest BCUT2D eigenvalue weighted by molar-refractivity contribution is 5.94. The number of carbonyl (C=O) groups excluding carboxylic acids is 1. The van der Waals surface area contributed by atoms with Gasteiger partial charge in [-0.1, -0.05) is 19.3 Å². The van der Waals surface area contributed by atoms with Gasteiger partial charge in [-0.2, -0.15) is 0 Å². The number of piperidine rings is 1. The number of ether oxygens (including phenoxy) is 2. The number of hydrogen-bond donors (Lipinski definition) is 1. The fourth-order valence-electron chi connectivity index (χ4n) is 4.41. The summed E-state index contributed by atoms with van der Waals surface area (Å²) in [6.07, 6.45) is 8.85. The Morgan fingerprint density at radius 1 is 1.04 bits per heavy atom. The molecule has 1 aromatic carbocycles. The van der Waals surface area contributed by atoms with E-state index in [0.717, 1.165) is 18.7 Å². The summed E-state index contributed by atoms with van der Waals surface area (Å²) in [5.74, 6) is 1.39. The van der Waals surface area contributed by atoms with E-state index in [0.29, 0.717) is 37.3 Å². The minimum Gasteiger partial charge on any atom is -0.491 e. The van der Waals surface area contributed by atoms with Crippen molar-refractivity contribution in [3.63, 3.8) is 0 Å². The van der Waals surface area contributed by atoms with Crippen LogP contribution in [0.4, 0.5) is 0 Å². The van der Waals surface area contributed by atoms with Gasteiger partial charge >= 0.3 is 0 Å². The molecule has 2 atom stereocenters. The molecule has 2 fully saturated rings. The molecule has 2 unspecified atom stereocenters. The highest BCUT2D eigenvalue weighted by Crippen LogP contribution is 2.27. The highest BCUT2D eigenvalue weighted by atomic mass is 16.5. The number of likely N-dealkylation sites (tertiary alicyclic amines) is 1. The topological polar surface area (TPSA) is 50.8 Å². The van der Waals surface area contributed by atoms with Crippen LogP contribution in [0.5, 0.6) is 5.75 Å². The Hall–Kier alpha value is -1.59. The number of amides is 1. The monoisotopic (exact) mass is 388 g/mol. The minimum atomic E-state index is 0.0383. The Labute approximate surface area is 169 Å². The first-order valence-corrected chi connectivity index (χ1v) is 11.1. The van der Waals surface area contributed by atoms with Gasteiger partial charge in [-0.05, 0) is 75.9 Å². The summed E-state index contributed by atoms with van der Waals surface area (Å²) < 4.78 is 10.9. The van der Waals surface area contributed by atoms with Crippen LogP contribution in [0.1, 0.15) is 62.2 Å². The molecule has 0 aromatic heterocycles. The Morgan fingerprint density at radius 3 is 2.54 bits per heavy atom. The van der Waals surface area contributed by atoms with Crippen molar-refractivity contribution in [2.75, 3.05) is 39.5 Å². The maximum Gasteiger partial charge on any atom is 0.251 e. The number of benzene rings is 1. The molecule has 2 aliphatic rings. The summed E-state index contributed by atoms with van der Waals surface area (Å²) in [4.78, 5) is 15.4. The Morgan fingerprint density at radius 2 is 1.79 bits per heavy atom. The van der Waals surface area contributed by atoms with Gasteiger partial charge < -0.3 is 19.7 Å². The molecule has 28 heavy (non-hydrogen) atoms. The van der Waals surface area contributed by atoms with Crippen molar-refractivity contribution in [2.45, 2.75) is 57.9 Å². The third-order valence-corrected chi connectivity index (χ3v) is 5.98. The van der Waals surface area contributed by atoms with Crippen LogP contribution in [0, 0.1) is 5.92 Å². The second kappa shape index (κ2) is 11.4. The maximum atomic E-state index is 12.8. The van der Waals surface area contributed by atoms with Gasteiger partial charge in [0.25, 0.3) is 5.91 Å². The summed E-state index contributed by atoms with van der Waals surface area (Å²) in [5, 5.41) is 3.33. The van der Waals surface area contributed by atoms with Gasteiger partial charge in [0.1, 0.15) is 12.4 Å². The molecule has 1 heterocycles. The standard InChI is InChI=1S/C23H36N2O3/c1-2-27-16-17-28-21-12-10-19(11-13-21)23(26)24-22-9-5-4-8-20(22)18-25-14-6-3-7-15-25/h10-13,20,22H,2-9,14-18H2,1H3,(H,24,26). The molecule has 1 saturated carbocycles. The van der Waals surface area contributed by atoms with E-state index in [4.69, 9.17) is 9.47 Å². The third-order valence-electron chi connectivity index (χ3n) is 5.98. The van der Waals surface area contributed by atoms with Crippen molar-refractivity contribution in [3.8, 4) is 5.75 Å². The van der Waals surface area contributed by atoms with Gasteiger partial charge in [0.2, 0.25) is 0 Å². The largest absolute Gasteiger partial charge is 0.491 e. The van der Waals surface area contributed by atoms with Crippen molar-refractivity contribution in [1.29, 1.82) is 0 Å². The molecule has 1 N–H and O–H groups in total. The highest BCUT2D eigenvalue weighted by Gasteiger charge is 2.28. The van der Waals surface area contributed by atoms with Gasteiger partial charge in [0, 0.05) is 24.8 Å². The Balaban J connectivity index is 1.50. The fourth-order valence-corrected chi connectivity index (χ4v) is 4.41. The Bertz CT molecular complexity index is 584. The maximum absolute atomic E-state index is 12.8. The third kappa shape index (κ3) is 6.49. The molecule has 1 amide bonds. The zero-order chi connectivity index (χ0) is 19.6. The van der Waals surface area contributed by atoms with Crippen molar-refractivity contribution >= 4 is 5.91 Å². The lowest BCUT2D eigenvalue weighted by Crippen LogP contribution is -2.47. The van der Waals surface area contributed by atoms with Crippen LogP contribution in [-0.2, 0) is 4.74 Å². The first-order chi connectivity index (χ1) is 13.8. The number of hydrogen-bond acceptors (Lipinski definition) is 4. The molecule has 0 bridgehead atoms. The van der Waals surface area contributed by atoms with Crippen LogP contribution in [0.3, 0.4) is 0 Å². The van der Waals surface area contributed by atoms with Gasteiger partial charge in [-0.3, -0.25) is 4.79 Å². The molecule has 1 aliphatic carbocycles. The van der Waals surface area contributed by atoms with E-state index in [1.54, 1.807) is 0 Å². The molecule has 5 nitrogen and oxygen atoms in total. The zero-order valence-electron chi connectivity index (χ0n) is 17.3. The van der Waals surface area contributed by atoms with Crippen molar-refractivity contribution < 1.29 is 14.3 Å². The van der Waals surface area contributed by atoms with Crippen LogP contribution in [-0.4, -0.2) is 56.3 Å². The second-order valence-electron chi connectivity index (χ2n) is 8.06. The van der Waals surface area contributed by atoms with Gasteiger partial charge in [-0.15, -0.1) is 0 Å². The van der Waals surface area contributed by atoms with Gasteiger partial charge in [-0.25, -0.2) is 0 Å². The first kappa shape index (κ1) is 21.1. The predicted octanol–water partition coefficient (Wildman–Crippen LogP) is 3.88. The van der Waals surface area contributed by atoms with Crippen LogP contribution < -0.4 is 10.1 Å². The van der Waals surface area contributed by atoms with Crippen LogP contribution in [0.25, 0.3) is 0 Å². The smallest absolute Gasteiger partial charge is 0.251 e. The zero-order valence-corrected chi connectivity index (χ0v) is 17.3. The molecule has 0 spiro atoms. The summed E-state index contributed by atoms with van der Waals surface area (Å²) >= 11 is 0. The van der Waals surface area contributed by atoms with E-state index in [9.17, 15) is 4.79 Å². The van der Waals surface area contributed by atoms with Crippen LogP contribution in [0.2, 0.25) is 0 Å². The van der Waals surface area contributed by atoms with E-state index in [1.165, 1.54) is 51.6 Å². The average molecular weight is 389 g/mol. The number of nitrogens with zero attached hydrogens (tertiary/aromatic N) is 1. The quantitative estimate of drug-likeness (QED) is 0.653. The molecule has 1 saturated heterocycles. The van der Waals surface area contributed by atoms with Crippen molar-refractivity contribution in [2.24, 2.45) is 5.92 Å². The van der Waals surface area contributed by atoms with E-state index >= 15 is 0 Å².